The third-order valence-electron chi connectivity index (χ3n) is 5.68. The van der Waals surface area contributed by atoms with E-state index >= 15 is 0 Å². The predicted octanol–water partition coefficient (Wildman–Crippen LogP) is 5.79. The fraction of sp³-hybridized carbons (Fsp3) is 0.684. The second-order valence-electron chi connectivity index (χ2n) is 7.04. The first-order valence-corrected chi connectivity index (χ1v) is 8.76. The van der Waals surface area contributed by atoms with Crippen LogP contribution in [0.25, 0.3) is 0 Å². The van der Waals surface area contributed by atoms with Gasteiger partial charge in [-0.1, -0.05) is 12.1 Å². The van der Waals surface area contributed by atoms with Gasteiger partial charge in [-0.25, -0.2) is 0 Å². The van der Waals surface area contributed by atoms with E-state index in [1.165, 1.54) is 25.0 Å². The standard InChI is InChI=1S/C19H25F3O/c1-2-23-18-10-7-15-11-14(3-4-16(15)12-18)13-5-8-17(9-6-13)19(20,21)22/h5-6,8-9,14-16,18H,2-4,7,10-12H2,1H3. The van der Waals surface area contributed by atoms with Crippen molar-refractivity contribution in [2.75, 3.05) is 6.61 Å². The topological polar surface area (TPSA) is 9.23 Å². The van der Waals surface area contributed by atoms with Crippen LogP contribution in [0.3, 0.4) is 0 Å². The summed E-state index contributed by atoms with van der Waals surface area (Å²) in [7, 11) is 0. The van der Waals surface area contributed by atoms with Crippen molar-refractivity contribution in [1.82, 2.24) is 0 Å². The van der Waals surface area contributed by atoms with E-state index in [9.17, 15) is 13.2 Å². The van der Waals surface area contributed by atoms with Gasteiger partial charge in [-0.2, -0.15) is 13.2 Å². The molecule has 1 aromatic carbocycles. The van der Waals surface area contributed by atoms with Crippen LogP contribution < -0.4 is 0 Å². The van der Waals surface area contributed by atoms with Gasteiger partial charge in [-0.15, -0.1) is 0 Å². The van der Waals surface area contributed by atoms with Crippen molar-refractivity contribution in [3.63, 3.8) is 0 Å². The van der Waals surface area contributed by atoms with Crippen LogP contribution in [0.4, 0.5) is 13.2 Å². The molecule has 4 atom stereocenters. The molecule has 1 aromatic rings. The molecule has 23 heavy (non-hydrogen) atoms. The van der Waals surface area contributed by atoms with E-state index in [4.69, 9.17) is 4.74 Å². The number of halogens is 3. The summed E-state index contributed by atoms with van der Waals surface area (Å²) in [5.41, 5.74) is 0.524. The normalized spacial score (nSPS) is 31.7. The van der Waals surface area contributed by atoms with E-state index in [0.717, 1.165) is 43.8 Å². The molecule has 4 heteroatoms. The van der Waals surface area contributed by atoms with E-state index in [1.807, 2.05) is 6.92 Å². The maximum Gasteiger partial charge on any atom is 0.416 e. The van der Waals surface area contributed by atoms with Crippen molar-refractivity contribution in [3.05, 3.63) is 35.4 Å². The molecule has 0 bridgehead atoms. The summed E-state index contributed by atoms with van der Waals surface area (Å²) in [5, 5.41) is 0. The Hall–Kier alpha value is -1.03. The molecule has 128 valence electrons. The lowest BCUT2D eigenvalue weighted by molar-refractivity contribution is -0.137. The zero-order valence-corrected chi connectivity index (χ0v) is 13.6. The molecule has 2 saturated carbocycles. The minimum atomic E-state index is -4.24. The van der Waals surface area contributed by atoms with Gasteiger partial charge in [0.15, 0.2) is 0 Å². The van der Waals surface area contributed by atoms with Gasteiger partial charge in [0, 0.05) is 6.61 Å². The highest BCUT2D eigenvalue weighted by Crippen LogP contribution is 2.46. The molecule has 0 aliphatic heterocycles. The zero-order chi connectivity index (χ0) is 16.4. The lowest BCUT2D eigenvalue weighted by Gasteiger charge is -2.42. The summed E-state index contributed by atoms with van der Waals surface area (Å²) >= 11 is 0. The van der Waals surface area contributed by atoms with Crippen molar-refractivity contribution in [2.24, 2.45) is 11.8 Å². The van der Waals surface area contributed by atoms with Gasteiger partial charge in [0.25, 0.3) is 0 Å². The molecule has 2 aliphatic rings. The van der Waals surface area contributed by atoms with E-state index in [-0.39, 0.29) is 0 Å². The Morgan fingerprint density at radius 3 is 2.26 bits per heavy atom. The Bertz CT molecular complexity index is 508. The fourth-order valence-corrected chi connectivity index (χ4v) is 4.48. The van der Waals surface area contributed by atoms with Crippen LogP contribution in [0.5, 0.6) is 0 Å². The second-order valence-corrected chi connectivity index (χ2v) is 7.04. The fourth-order valence-electron chi connectivity index (χ4n) is 4.48. The molecule has 2 fully saturated rings. The van der Waals surface area contributed by atoms with Crippen LogP contribution in [0.1, 0.15) is 62.5 Å². The quantitative estimate of drug-likeness (QED) is 0.682. The molecule has 0 aromatic heterocycles. The molecule has 0 saturated heterocycles. The summed E-state index contributed by atoms with van der Waals surface area (Å²) in [6, 6.07) is 5.82. The summed E-state index contributed by atoms with van der Waals surface area (Å²) < 4.78 is 43.8. The largest absolute Gasteiger partial charge is 0.416 e. The lowest BCUT2D eigenvalue weighted by Crippen LogP contribution is -2.33. The Morgan fingerprint density at radius 2 is 1.61 bits per heavy atom. The minimum Gasteiger partial charge on any atom is -0.378 e. The van der Waals surface area contributed by atoms with Gasteiger partial charge >= 0.3 is 6.18 Å². The van der Waals surface area contributed by atoms with Crippen LogP contribution >= 0.6 is 0 Å². The number of benzene rings is 1. The third-order valence-corrected chi connectivity index (χ3v) is 5.68. The van der Waals surface area contributed by atoms with E-state index < -0.39 is 11.7 Å². The number of hydrogen-bond donors (Lipinski definition) is 0. The molecule has 2 aliphatic carbocycles. The average Bonchev–Trinajstić information content (AvgIpc) is 2.54. The van der Waals surface area contributed by atoms with Gasteiger partial charge < -0.3 is 4.74 Å². The van der Waals surface area contributed by atoms with E-state index in [0.29, 0.717) is 17.9 Å². The van der Waals surface area contributed by atoms with Crippen molar-refractivity contribution in [2.45, 2.75) is 63.6 Å². The maximum atomic E-state index is 12.7. The molecule has 0 heterocycles. The molecular formula is C19H25F3O. The predicted molar refractivity (Wildman–Crippen MR) is 84.3 cm³/mol. The van der Waals surface area contributed by atoms with Crippen LogP contribution in [-0.2, 0) is 10.9 Å². The molecule has 0 amide bonds. The number of fused-ring (bicyclic) bond motifs is 1. The molecule has 0 radical (unpaired) electrons. The van der Waals surface area contributed by atoms with Gasteiger partial charge in [0.2, 0.25) is 0 Å². The van der Waals surface area contributed by atoms with Crippen molar-refractivity contribution in [3.8, 4) is 0 Å². The third kappa shape index (κ3) is 3.90. The van der Waals surface area contributed by atoms with Gasteiger partial charge in [-0.3, -0.25) is 0 Å². The number of hydrogen-bond acceptors (Lipinski definition) is 1. The Kier molecular flexibility index (Phi) is 5.00. The molecule has 1 nitrogen and oxygen atoms in total. The van der Waals surface area contributed by atoms with Crippen LogP contribution in [0.2, 0.25) is 0 Å². The van der Waals surface area contributed by atoms with Crippen LogP contribution in [0, 0.1) is 11.8 Å². The van der Waals surface area contributed by atoms with E-state index in [2.05, 4.69) is 0 Å². The number of ether oxygens (including phenoxy) is 1. The minimum absolute atomic E-state index is 0.419. The molecule has 0 N–H and O–H groups in total. The van der Waals surface area contributed by atoms with Gasteiger partial charge in [-0.05, 0) is 80.9 Å². The lowest BCUT2D eigenvalue weighted by atomic mass is 9.65. The van der Waals surface area contributed by atoms with Crippen LogP contribution in [0.15, 0.2) is 24.3 Å². The highest BCUT2D eigenvalue weighted by atomic mass is 19.4. The number of alkyl halides is 3. The van der Waals surface area contributed by atoms with Crippen molar-refractivity contribution >= 4 is 0 Å². The average molecular weight is 326 g/mol. The monoisotopic (exact) mass is 326 g/mol. The smallest absolute Gasteiger partial charge is 0.378 e. The summed E-state index contributed by atoms with van der Waals surface area (Å²) in [5.74, 6) is 1.88. The first-order valence-electron chi connectivity index (χ1n) is 8.76. The summed E-state index contributed by atoms with van der Waals surface area (Å²) in [6.07, 6.45) is 3.07. The zero-order valence-electron chi connectivity index (χ0n) is 13.6. The van der Waals surface area contributed by atoms with Gasteiger partial charge in [0.05, 0.1) is 11.7 Å². The van der Waals surface area contributed by atoms with E-state index in [1.54, 1.807) is 12.1 Å². The Labute approximate surface area is 136 Å². The highest BCUT2D eigenvalue weighted by Gasteiger charge is 2.36. The Balaban J connectivity index is 1.62. The first-order chi connectivity index (χ1) is 11.0. The Morgan fingerprint density at radius 1 is 0.957 bits per heavy atom. The summed E-state index contributed by atoms with van der Waals surface area (Å²) in [4.78, 5) is 0. The second kappa shape index (κ2) is 6.84. The van der Waals surface area contributed by atoms with Crippen molar-refractivity contribution < 1.29 is 17.9 Å². The van der Waals surface area contributed by atoms with Crippen LogP contribution in [-0.4, -0.2) is 12.7 Å². The molecule has 0 spiro atoms. The number of rotatable bonds is 3. The highest BCUT2D eigenvalue weighted by molar-refractivity contribution is 5.27. The molecule has 4 unspecified atom stereocenters. The summed E-state index contributed by atoms with van der Waals surface area (Å²) in [6.45, 7) is 2.84. The molecular weight excluding hydrogens is 301 g/mol. The first kappa shape index (κ1) is 16.8. The van der Waals surface area contributed by atoms with Crippen molar-refractivity contribution in [1.29, 1.82) is 0 Å². The maximum absolute atomic E-state index is 12.7. The molecule has 3 rings (SSSR count). The van der Waals surface area contributed by atoms with Gasteiger partial charge in [0.1, 0.15) is 0 Å². The SMILES string of the molecule is CCOC1CCC2CC(c3ccc(C(F)(F)F)cc3)CCC2C1.